The smallest absolute Gasteiger partial charge is 0.0588 e. The van der Waals surface area contributed by atoms with E-state index in [1.54, 1.807) is 0 Å². The maximum atomic E-state index is 2.50. The zero-order valence-electron chi connectivity index (χ0n) is 38.2. The molecule has 1 heterocycles. The van der Waals surface area contributed by atoms with Crippen molar-refractivity contribution in [3.05, 3.63) is 271 Å². The third-order valence-electron chi connectivity index (χ3n) is 13.7. The second-order valence-corrected chi connectivity index (χ2v) is 18.2. The summed E-state index contributed by atoms with van der Waals surface area (Å²) in [6.45, 7) is 4.82. The number of anilines is 6. The molecule has 3 nitrogen and oxygen atoms in total. The van der Waals surface area contributed by atoms with Gasteiger partial charge in [0.25, 0.3) is 0 Å². The van der Waals surface area contributed by atoms with Crippen molar-refractivity contribution in [1.29, 1.82) is 0 Å². The molecule has 0 N–H and O–H groups in total. The van der Waals surface area contributed by atoms with Crippen LogP contribution in [0.1, 0.15) is 36.1 Å². The minimum atomic E-state index is -0.260. The number of para-hydroxylation sites is 5. The highest BCUT2D eigenvalue weighted by molar-refractivity contribution is 6.13. The summed E-state index contributed by atoms with van der Waals surface area (Å²) in [5, 5.41) is 2.51. The van der Waals surface area contributed by atoms with Crippen LogP contribution in [0.2, 0.25) is 0 Å². The lowest BCUT2D eigenvalue weighted by atomic mass is 9.80. The van der Waals surface area contributed by atoms with Gasteiger partial charge in [-0.2, -0.15) is 0 Å². The third kappa shape index (κ3) is 7.17. The molecule has 0 spiro atoms. The molecule has 0 saturated carbocycles. The third-order valence-corrected chi connectivity index (χ3v) is 13.7. The van der Waals surface area contributed by atoms with E-state index >= 15 is 0 Å². The maximum absolute atomic E-state index is 2.50. The van der Waals surface area contributed by atoms with Gasteiger partial charge >= 0.3 is 0 Å². The summed E-state index contributed by atoms with van der Waals surface area (Å²) in [6, 6.07) is 89.8. The first-order valence-corrected chi connectivity index (χ1v) is 23.5. The molecule has 0 saturated heterocycles. The molecule has 11 aromatic rings. The standard InChI is InChI=1S/C65H49N3/c1-65(2)61-45-49(48-33-38-56(39-34-48)67(52-22-12-5-13-23-52)53-24-14-6-15-25-53)35-40-57(61)58-41-42-59-60-44-47(32-43-62(60)68(64(59)63(58)65)54-26-16-7-17-27-54)29-28-46-30-36-55(37-31-46)66(50-18-8-3-9-19-50)51-20-10-4-11-21-51/h3-45H,1-2H3. The van der Waals surface area contributed by atoms with Gasteiger partial charge in [0.15, 0.2) is 0 Å². The van der Waals surface area contributed by atoms with Crippen molar-refractivity contribution in [2.24, 2.45) is 0 Å². The van der Waals surface area contributed by atoms with E-state index in [1.165, 1.54) is 60.8 Å². The fourth-order valence-electron chi connectivity index (χ4n) is 10.5. The summed E-state index contributed by atoms with van der Waals surface area (Å²) in [5.41, 5.74) is 20.2. The molecule has 3 heteroatoms. The minimum absolute atomic E-state index is 0.260. The Labute approximate surface area is 398 Å². The fourth-order valence-corrected chi connectivity index (χ4v) is 10.5. The number of fused-ring (bicyclic) bond motifs is 7. The van der Waals surface area contributed by atoms with Crippen LogP contribution in [-0.4, -0.2) is 4.57 Å². The molecule has 0 atom stereocenters. The van der Waals surface area contributed by atoms with Crippen LogP contribution < -0.4 is 9.80 Å². The molecule has 0 unspecified atom stereocenters. The maximum Gasteiger partial charge on any atom is 0.0588 e. The Bertz CT molecular complexity index is 3520. The molecule has 0 amide bonds. The van der Waals surface area contributed by atoms with Crippen LogP contribution in [-0.2, 0) is 5.41 Å². The van der Waals surface area contributed by atoms with Crippen LogP contribution in [0.4, 0.5) is 34.1 Å². The predicted molar refractivity (Wildman–Crippen MR) is 289 cm³/mol. The van der Waals surface area contributed by atoms with Gasteiger partial charge in [0, 0.05) is 56.0 Å². The topological polar surface area (TPSA) is 11.4 Å². The monoisotopic (exact) mass is 871 g/mol. The van der Waals surface area contributed by atoms with Crippen LogP contribution in [0.3, 0.4) is 0 Å². The molecule has 1 aliphatic carbocycles. The van der Waals surface area contributed by atoms with E-state index in [0.717, 1.165) is 45.4 Å². The van der Waals surface area contributed by atoms with Gasteiger partial charge in [-0.25, -0.2) is 0 Å². The number of hydrogen-bond donors (Lipinski definition) is 0. The number of rotatable bonds is 10. The molecule has 1 aliphatic rings. The number of nitrogens with zero attached hydrogens (tertiary/aromatic N) is 3. The quantitative estimate of drug-likeness (QED) is 0.127. The van der Waals surface area contributed by atoms with E-state index in [9.17, 15) is 0 Å². The lowest BCUT2D eigenvalue weighted by molar-refractivity contribution is 0.664. The molecule has 0 bridgehead atoms. The Balaban J connectivity index is 0.896. The summed E-state index contributed by atoms with van der Waals surface area (Å²) in [4.78, 5) is 4.61. The molecule has 68 heavy (non-hydrogen) atoms. The first kappa shape index (κ1) is 40.8. The van der Waals surface area contributed by atoms with E-state index < -0.39 is 0 Å². The van der Waals surface area contributed by atoms with Gasteiger partial charge in [-0.05, 0) is 148 Å². The van der Waals surface area contributed by atoms with Crippen molar-refractivity contribution in [2.75, 3.05) is 9.80 Å². The van der Waals surface area contributed by atoms with Gasteiger partial charge in [-0.1, -0.05) is 172 Å². The lowest BCUT2D eigenvalue weighted by Gasteiger charge is -2.26. The average Bonchev–Trinajstić information content (AvgIpc) is 3.85. The van der Waals surface area contributed by atoms with E-state index in [0.29, 0.717) is 0 Å². The Kier molecular flexibility index (Phi) is 10.2. The number of hydrogen-bond acceptors (Lipinski definition) is 2. The van der Waals surface area contributed by atoms with Gasteiger partial charge in [-0.15, -0.1) is 0 Å². The van der Waals surface area contributed by atoms with Crippen LogP contribution in [0.15, 0.2) is 249 Å². The molecule has 1 aromatic heterocycles. The molecule has 0 aliphatic heterocycles. The van der Waals surface area contributed by atoms with Crippen molar-refractivity contribution in [2.45, 2.75) is 19.3 Å². The Hall–Kier alpha value is -8.66. The van der Waals surface area contributed by atoms with Crippen LogP contribution in [0.5, 0.6) is 0 Å². The second-order valence-electron chi connectivity index (χ2n) is 18.2. The highest BCUT2D eigenvalue weighted by Crippen LogP contribution is 2.54. The Morgan fingerprint density at radius 3 is 1.35 bits per heavy atom. The first-order chi connectivity index (χ1) is 33.5. The summed E-state index contributed by atoms with van der Waals surface area (Å²) in [7, 11) is 0. The van der Waals surface area contributed by atoms with Crippen molar-refractivity contribution in [3.63, 3.8) is 0 Å². The largest absolute Gasteiger partial charge is 0.311 e. The normalized spacial score (nSPS) is 12.6. The van der Waals surface area contributed by atoms with E-state index in [-0.39, 0.29) is 5.41 Å². The highest BCUT2D eigenvalue weighted by atomic mass is 15.1. The predicted octanol–water partition coefficient (Wildman–Crippen LogP) is 17.9. The summed E-state index contributed by atoms with van der Waals surface area (Å²) >= 11 is 0. The molecule has 324 valence electrons. The molecular weight excluding hydrogens is 823 g/mol. The van der Waals surface area contributed by atoms with Gasteiger partial charge < -0.3 is 14.4 Å². The summed E-state index contributed by atoms with van der Waals surface area (Å²) in [6.07, 6.45) is 4.47. The van der Waals surface area contributed by atoms with Crippen molar-refractivity contribution >= 4 is 68.1 Å². The molecular formula is C65H49N3. The minimum Gasteiger partial charge on any atom is -0.311 e. The lowest BCUT2D eigenvalue weighted by Crippen LogP contribution is -2.16. The zero-order valence-corrected chi connectivity index (χ0v) is 38.2. The van der Waals surface area contributed by atoms with Crippen molar-refractivity contribution in [3.8, 4) is 27.9 Å². The Morgan fingerprint density at radius 2 is 0.809 bits per heavy atom. The van der Waals surface area contributed by atoms with E-state index in [2.05, 4.69) is 289 Å². The summed E-state index contributed by atoms with van der Waals surface area (Å²) in [5.74, 6) is 0. The fraction of sp³-hybridized carbons (Fsp3) is 0.0462. The van der Waals surface area contributed by atoms with E-state index in [1.807, 2.05) is 0 Å². The van der Waals surface area contributed by atoms with E-state index in [4.69, 9.17) is 0 Å². The Morgan fingerprint density at radius 1 is 0.368 bits per heavy atom. The number of aromatic nitrogens is 1. The van der Waals surface area contributed by atoms with Crippen LogP contribution in [0, 0.1) is 0 Å². The van der Waals surface area contributed by atoms with Crippen LogP contribution in [0.25, 0.3) is 61.9 Å². The van der Waals surface area contributed by atoms with Crippen molar-refractivity contribution < 1.29 is 0 Å². The molecule has 12 rings (SSSR count). The zero-order chi connectivity index (χ0) is 45.6. The first-order valence-electron chi connectivity index (χ1n) is 23.5. The second kappa shape index (κ2) is 17.0. The summed E-state index contributed by atoms with van der Waals surface area (Å²) < 4.78 is 2.50. The molecule has 0 fully saturated rings. The molecule has 10 aromatic carbocycles. The SMILES string of the molecule is CC1(C)c2cc(-c3ccc(N(c4ccccc4)c4ccccc4)cc3)ccc2-c2ccc3c4cc(C=Cc5ccc(N(c6ccccc6)c6ccccc6)cc5)ccc4n(-c4ccccc4)c3c21. The van der Waals surface area contributed by atoms with Gasteiger partial charge in [0.2, 0.25) is 0 Å². The van der Waals surface area contributed by atoms with Crippen molar-refractivity contribution in [1.82, 2.24) is 4.57 Å². The van der Waals surface area contributed by atoms with Gasteiger partial charge in [-0.3, -0.25) is 0 Å². The average molecular weight is 872 g/mol. The highest BCUT2D eigenvalue weighted by Gasteiger charge is 2.39. The number of benzene rings is 10. The van der Waals surface area contributed by atoms with Gasteiger partial charge in [0.05, 0.1) is 11.0 Å². The molecule has 0 radical (unpaired) electrons. The van der Waals surface area contributed by atoms with Gasteiger partial charge in [0.1, 0.15) is 0 Å². The van der Waals surface area contributed by atoms with Crippen LogP contribution >= 0.6 is 0 Å².